The number of nitrogens with zero attached hydrogens (tertiary/aromatic N) is 4. The van der Waals surface area contributed by atoms with Gasteiger partial charge >= 0.3 is 0 Å². The molecule has 0 unspecified atom stereocenters. The quantitative estimate of drug-likeness (QED) is 0.710. The highest BCUT2D eigenvalue weighted by atomic mass is 16.2. The van der Waals surface area contributed by atoms with Crippen LogP contribution in [-0.4, -0.2) is 15.9 Å². The van der Waals surface area contributed by atoms with E-state index in [4.69, 9.17) is 0 Å². The molecule has 1 aliphatic rings. The molecule has 1 aromatic heterocycles. The molecule has 1 amide bonds. The Morgan fingerprint density at radius 1 is 0.962 bits per heavy atom. The molecular formula is C21H16N4O. The minimum atomic E-state index is -0.101. The zero-order chi connectivity index (χ0) is 18.3. The van der Waals surface area contributed by atoms with Gasteiger partial charge in [-0.2, -0.15) is 5.26 Å². The van der Waals surface area contributed by atoms with Crippen molar-refractivity contribution in [2.75, 3.05) is 4.90 Å². The number of aromatic nitrogens is 2. The molecule has 2 heterocycles. The number of carbonyl (C=O) groups is 1. The highest BCUT2D eigenvalue weighted by Gasteiger charge is 2.33. The smallest absolute Gasteiger partial charge is 0.237 e. The van der Waals surface area contributed by atoms with E-state index < -0.39 is 0 Å². The van der Waals surface area contributed by atoms with Crippen molar-refractivity contribution < 1.29 is 4.79 Å². The molecule has 0 bridgehead atoms. The lowest BCUT2D eigenvalue weighted by molar-refractivity contribution is -0.116. The molecule has 126 valence electrons. The largest absolute Gasteiger partial charge is 0.274 e. The Morgan fingerprint density at radius 3 is 2.19 bits per heavy atom. The Kier molecular flexibility index (Phi) is 3.74. The average Bonchev–Trinajstić information content (AvgIpc) is 2.98. The standard InChI is InChI=1S/C21H16N4O/c1-13-3-7-15(8-4-13)20-23-18(12-22)17-11-19(26)25(21(17)24-20)16-9-5-14(2)6-10-16/h3-10H,11H2,1-2H3. The Balaban J connectivity index is 1.88. The summed E-state index contributed by atoms with van der Waals surface area (Å²) in [4.78, 5) is 23.2. The number of benzene rings is 2. The molecule has 4 rings (SSSR count). The van der Waals surface area contributed by atoms with Crippen LogP contribution in [0.2, 0.25) is 0 Å². The lowest BCUT2D eigenvalue weighted by atomic mass is 10.1. The maximum atomic E-state index is 12.6. The third-order valence-electron chi connectivity index (χ3n) is 4.48. The van der Waals surface area contributed by atoms with Crippen LogP contribution in [-0.2, 0) is 11.2 Å². The van der Waals surface area contributed by atoms with Crippen LogP contribution >= 0.6 is 0 Å². The summed E-state index contributed by atoms with van der Waals surface area (Å²) >= 11 is 0. The summed E-state index contributed by atoms with van der Waals surface area (Å²) in [7, 11) is 0. The van der Waals surface area contributed by atoms with E-state index in [1.165, 1.54) is 0 Å². The number of hydrogen-bond acceptors (Lipinski definition) is 4. The molecule has 0 spiro atoms. The fraction of sp³-hybridized carbons (Fsp3) is 0.143. The molecular weight excluding hydrogens is 324 g/mol. The summed E-state index contributed by atoms with van der Waals surface area (Å²) in [5.41, 5.74) is 4.66. The molecule has 26 heavy (non-hydrogen) atoms. The number of hydrogen-bond donors (Lipinski definition) is 0. The summed E-state index contributed by atoms with van der Waals surface area (Å²) in [6.45, 7) is 4.00. The molecule has 0 saturated heterocycles. The van der Waals surface area contributed by atoms with E-state index in [0.717, 1.165) is 22.4 Å². The third-order valence-corrected chi connectivity index (χ3v) is 4.48. The zero-order valence-electron chi connectivity index (χ0n) is 14.5. The average molecular weight is 340 g/mol. The van der Waals surface area contributed by atoms with E-state index in [9.17, 15) is 10.1 Å². The Labute approximate surface area is 151 Å². The molecule has 0 aliphatic carbocycles. The van der Waals surface area contributed by atoms with Crippen molar-refractivity contribution in [3.05, 3.63) is 70.9 Å². The number of nitriles is 1. The van der Waals surface area contributed by atoms with Gasteiger partial charge in [0.2, 0.25) is 5.91 Å². The molecule has 0 fully saturated rings. The maximum Gasteiger partial charge on any atom is 0.237 e. The van der Waals surface area contributed by atoms with Gasteiger partial charge in [-0.25, -0.2) is 9.97 Å². The number of anilines is 2. The van der Waals surface area contributed by atoms with E-state index in [1.54, 1.807) is 4.90 Å². The van der Waals surface area contributed by atoms with Gasteiger partial charge in [0.25, 0.3) is 0 Å². The van der Waals surface area contributed by atoms with E-state index in [-0.39, 0.29) is 18.0 Å². The maximum absolute atomic E-state index is 12.6. The molecule has 0 radical (unpaired) electrons. The first-order valence-corrected chi connectivity index (χ1v) is 8.34. The summed E-state index contributed by atoms with van der Waals surface area (Å²) in [5, 5.41) is 9.53. The fourth-order valence-electron chi connectivity index (χ4n) is 3.05. The lowest BCUT2D eigenvalue weighted by Gasteiger charge is -2.17. The van der Waals surface area contributed by atoms with Gasteiger partial charge in [-0.3, -0.25) is 9.69 Å². The second-order valence-corrected chi connectivity index (χ2v) is 6.42. The SMILES string of the molecule is Cc1ccc(-c2nc(C#N)c3c(n2)N(c2ccc(C)cc2)C(=O)C3)cc1. The van der Waals surface area contributed by atoms with Crippen LogP contribution in [0.4, 0.5) is 11.5 Å². The van der Waals surface area contributed by atoms with Crippen molar-refractivity contribution in [2.45, 2.75) is 20.3 Å². The van der Waals surface area contributed by atoms with E-state index >= 15 is 0 Å². The van der Waals surface area contributed by atoms with Gasteiger partial charge in [-0.15, -0.1) is 0 Å². The fourth-order valence-corrected chi connectivity index (χ4v) is 3.05. The molecule has 0 N–H and O–H groups in total. The first kappa shape index (κ1) is 16.0. The topological polar surface area (TPSA) is 69.9 Å². The minimum Gasteiger partial charge on any atom is -0.274 e. The van der Waals surface area contributed by atoms with Crippen LogP contribution < -0.4 is 4.90 Å². The van der Waals surface area contributed by atoms with Gasteiger partial charge in [0, 0.05) is 11.1 Å². The van der Waals surface area contributed by atoms with Gasteiger partial charge < -0.3 is 0 Å². The number of amides is 1. The highest BCUT2D eigenvalue weighted by Crippen LogP contribution is 2.36. The van der Waals surface area contributed by atoms with Crippen LogP contribution in [0.3, 0.4) is 0 Å². The van der Waals surface area contributed by atoms with Gasteiger partial charge in [0.15, 0.2) is 5.82 Å². The molecule has 5 nitrogen and oxygen atoms in total. The van der Waals surface area contributed by atoms with Crippen LogP contribution in [0.1, 0.15) is 22.4 Å². The highest BCUT2D eigenvalue weighted by molar-refractivity contribution is 6.06. The van der Waals surface area contributed by atoms with E-state index in [2.05, 4.69) is 16.0 Å². The molecule has 1 aliphatic heterocycles. The van der Waals surface area contributed by atoms with E-state index in [0.29, 0.717) is 17.2 Å². The van der Waals surface area contributed by atoms with Gasteiger partial charge in [-0.05, 0) is 26.0 Å². The van der Waals surface area contributed by atoms with Gasteiger partial charge in [-0.1, -0.05) is 47.5 Å². The van der Waals surface area contributed by atoms with Crippen LogP contribution in [0.5, 0.6) is 0 Å². The van der Waals surface area contributed by atoms with Crippen molar-refractivity contribution in [1.29, 1.82) is 5.26 Å². The van der Waals surface area contributed by atoms with Crippen LogP contribution in [0, 0.1) is 25.2 Å². The van der Waals surface area contributed by atoms with Crippen molar-refractivity contribution in [3.63, 3.8) is 0 Å². The number of rotatable bonds is 2. The Hall–Kier alpha value is -3.52. The second kappa shape index (κ2) is 6.08. The predicted octanol–water partition coefficient (Wildman–Crippen LogP) is 3.85. The predicted molar refractivity (Wildman–Crippen MR) is 98.9 cm³/mol. The summed E-state index contributed by atoms with van der Waals surface area (Å²) in [6.07, 6.45) is 0.139. The second-order valence-electron chi connectivity index (χ2n) is 6.42. The van der Waals surface area contributed by atoms with Crippen molar-refractivity contribution in [3.8, 4) is 17.5 Å². The summed E-state index contributed by atoms with van der Waals surface area (Å²) < 4.78 is 0. The molecule has 2 aromatic carbocycles. The van der Waals surface area contributed by atoms with Gasteiger partial charge in [0.1, 0.15) is 17.6 Å². The van der Waals surface area contributed by atoms with Crippen LogP contribution in [0.25, 0.3) is 11.4 Å². The van der Waals surface area contributed by atoms with Crippen molar-refractivity contribution >= 4 is 17.4 Å². The minimum absolute atomic E-state index is 0.101. The Morgan fingerprint density at radius 2 is 1.58 bits per heavy atom. The van der Waals surface area contributed by atoms with E-state index in [1.807, 2.05) is 62.4 Å². The van der Waals surface area contributed by atoms with Crippen molar-refractivity contribution in [1.82, 2.24) is 9.97 Å². The normalized spacial score (nSPS) is 12.8. The van der Waals surface area contributed by atoms with Crippen molar-refractivity contribution in [2.24, 2.45) is 0 Å². The van der Waals surface area contributed by atoms with Crippen LogP contribution in [0.15, 0.2) is 48.5 Å². The molecule has 0 atom stereocenters. The summed E-state index contributed by atoms with van der Waals surface area (Å²) in [5.74, 6) is 0.851. The zero-order valence-corrected chi connectivity index (χ0v) is 14.5. The first-order valence-electron chi connectivity index (χ1n) is 8.34. The lowest BCUT2D eigenvalue weighted by Crippen LogP contribution is -2.21. The Bertz CT molecular complexity index is 1050. The van der Waals surface area contributed by atoms with Gasteiger partial charge in [0.05, 0.1) is 12.1 Å². The molecule has 0 saturated carbocycles. The number of carbonyl (C=O) groups excluding carboxylic acids is 1. The third kappa shape index (κ3) is 2.62. The number of aryl methyl sites for hydroxylation is 2. The molecule has 5 heteroatoms. The summed E-state index contributed by atoms with van der Waals surface area (Å²) in [6, 6.07) is 17.6. The monoisotopic (exact) mass is 340 g/mol. The molecule has 3 aromatic rings. The first-order chi connectivity index (χ1) is 12.6. The number of fused-ring (bicyclic) bond motifs is 1.